The molecule has 9 N–H and O–H groups in total. The molecule has 2 aliphatic rings. The number of hydrogen-bond donors (Lipinski definition) is 9. The third kappa shape index (κ3) is 12.0. The molecule has 2 fully saturated rings. The maximum Gasteiger partial charge on any atom is 0.217 e. The molecule has 2 heterocycles. The van der Waals surface area contributed by atoms with Crippen LogP contribution in [0, 0.1) is 0 Å². The van der Waals surface area contributed by atoms with Crippen LogP contribution in [0.25, 0.3) is 0 Å². The van der Waals surface area contributed by atoms with Crippen LogP contribution >= 0.6 is 0 Å². The average molecular weight is 626 g/mol. The summed E-state index contributed by atoms with van der Waals surface area (Å²) in [6.45, 7) is 1.84. The van der Waals surface area contributed by atoms with Crippen molar-refractivity contribution in [3.63, 3.8) is 0 Å². The van der Waals surface area contributed by atoms with Gasteiger partial charge in [0.05, 0.1) is 32.0 Å². The lowest BCUT2D eigenvalue weighted by Gasteiger charge is -2.46. The molecule has 254 valence electrons. The Morgan fingerprint density at radius 3 is 1.84 bits per heavy atom. The van der Waals surface area contributed by atoms with Gasteiger partial charge in [-0.15, -0.1) is 0 Å². The van der Waals surface area contributed by atoms with E-state index in [9.17, 15) is 45.6 Å². The summed E-state index contributed by atoms with van der Waals surface area (Å²) >= 11 is 0. The largest absolute Gasteiger partial charge is 0.394 e. The number of nitrogens with one attached hydrogen (secondary N) is 1. The SMILES string of the molecule is CCCCCCCCCCCCC(O)C(COC1OC(CO)C(OC2OC(CO)C(O)C(O)C2O)C(O)C1O)NC(C)=O. The summed E-state index contributed by atoms with van der Waals surface area (Å²) in [5.41, 5.74) is 0. The fourth-order valence-corrected chi connectivity index (χ4v) is 5.44. The molecule has 12 unspecified atom stereocenters. The molecule has 0 radical (unpaired) electrons. The first-order valence-electron chi connectivity index (χ1n) is 15.7. The van der Waals surface area contributed by atoms with E-state index in [1.807, 2.05) is 0 Å². The number of aliphatic hydroxyl groups excluding tert-OH is 8. The third-order valence-electron chi connectivity index (χ3n) is 8.11. The number of carbonyl (C=O) groups is 1. The summed E-state index contributed by atoms with van der Waals surface area (Å²) in [4.78, 5) is 11.8. The minimum absolute atomic E-state index is 0.261. The minimum Gasteiger partial charge on any atom is -0.394 e. The Morgan fingerprint density at radius 2 is 1.28 bits per heavy atom. The molecule has 14 heteroatoms. The molecule has 0 saturated carbocycles. The lowest BCUT2D eigenvalue weighted by Crippen LogP contribution is -2.65. The van der Waals surface area contributed by atoms with Crippen LogP contribution in [-0.4, -0.2) is 140 Å². The molecule has 0 aromatic carbocycles. The van der Waals surface area contributed by atoms with Gasteiger partial charge in [-0.3, -0.25) is 4.79 Å². The van der Waals surface area contributed by atoms with Crippen molar-refractivity contribution in [2.45, 2.75) is 158 Å². The second kappa shape index (κ2) is 20.2. The van der Waals surface area contributed by atoms with Crippen LogP contribution < -0.4 is 5.32 Å². The van der Waals surface area contributed by atoms with Crippen molar-refractivity contribution in [2.24, 2.45) is 0 Å². The first kappa shape index (κ1) is 38.2. The summed E-state index contributed by atoms with van der Waals surface area (Å²) in [5, 5.41) is 84.4. The van der Waals surface area contributed by atoms with E-state index in [-0.39, 0.29) is 12.5 Å². The monoisotopic (exact) mass is 625 g/mol. The van der Waals surface area contributed by atoms with Gasteiger partial charge in [0.2, 0.25) is 5.91 Å². The Bertz CT molecular complexity index is 760. The molecule has 0 spiro atoms. The Balaban J connectivity index is 1.86. The van der Waals surface area contributed by atoms with E-state index in [1.165, 1.54) is 45.4 Å². The van der Waals surface area contributed by atoms with Crippen molar-refractivity contribution in [2.75, 3.05) is 19.8 Å². The molecule has 0 aromatic heterocycles. The van der Waals surface area contributed by atoms with Gasteiger partial charge in [0.1, 0.15) is 48.8 Å². The Hall–Kier alpha value is -1.01. The highest BCUT2D eigenvalue weighted by Crippen LogP contribution is 2.29. The summed E-state index contributed by atoms with van der Waals surface area (Å²) in [6.07, 6.45) is -4.75. The molecular weight excluding hydrogens is 570 g/mol. The quantitative estimate of drug-likeness (QED) is 0.0726. The van der Waals surface area contributed by atoms with Crippen LogP contribution in [0.5, 0.6) is 0 Å². The van der Waals surface area contributed by atoms with Crippen LogP contribution in [0.4, 0.5) is 0 Å². The van der Waals surface area contributed by atoms with E-state index < -0.39 is 86.8 Å². The van der Waals surface area contributed by atoms with Gasteiger partial charge in [0.15, 0.2) is 12.6 Å². The molecule has 0 aliphatic carbocycles. The summed E-state index contributed by atoms with van der Waals surface area (Å²) in [5.74, 6) is -0.387. The Morgan fingerprint density at radius 1 is 0.744 bits per heavy atom. The second-order valence-corrected chi connectivity index (χ2v) is 11.7. The number of unbranched alkanes of at least 4 members (excludes halogenated alkanes) is 9. The van der Waals surface area contributed by atoms with Crippen molar-refractivity contribution >= 4 is 5.91 Å². The number of aliphatic hydroxyl groups is 8. The van der Waals surface area contributed by atoms with E-state index in [4.69, 9.17) is 18.9 Å². The predicted octanol–water partition coefficient (Wildman–Crippen LogP) is -1.20. The van der Waals surface area contributed by atoms with Gasteiger partial charge in [0.25, 0.3) is 0 Å². The summed E-state index contributed by atoms with van der Waals surface area (Å²) in [7, 11) is 0. The van der Waals surface area contributed by atoms with Crippen molar-refractivity contribution in [1.82, 2.24) is 5.32 Å². The lowest BCUT2D eigenvalue weighted by atomic mass is 9.97. The van der Waals surface area contributed by atoms with E-state index in [2.05, 4.69) is 12.2 Å². The van der Waals surface area contributed by atoms with E-state index >= 15 is 0 Å². The van der Waals surface area contributed by atoms with Crippen LogP contribution in [0.1, 0.15) is 84.5 Å². The van der Waals surface area contributed by atoms with Crippen LogP contribution in [0.2, 0.25) is 0 Å². The molecular formula is C29H55NO13. The first-order chi connectivity index (χ1) is 20.5. The highest BCUT2D eigenvalue weighted by molar-refractivity contribution is 5.73. The topological polar surface area (TPSA) is 228 Å². The van der Waals surface area contributed by atoms with Gasteiger partial charge < -0.3 is 65.1 Å². The third-order valence-corrected chi connectivity index (χ3v) is 8.11. The zero-order valence-corrected chi connectivity index (χ0v) is 25.4. The van der Waals surface area contributed by atoms with Crippen molar-refractivity contribution in [3.8, 4) is 0 Å². The maximum atomic E-state index is 11.8. The van der Waals surface area contributed by atoms with Crippen molar-refractivity contribution < 1.29 is 64.6 Å². The van der Waals surface area contributed by atoms with Gasteiger partial charge in [-0.25, -0.2) is 0 Å². The maximum absolute atomic E-state index is 11.8. The minimum atomic E-state index is -1.77. The molecule has 12 atom stereocenters. The van der Waals surface area contributed by atoms with Gasteiger partial charge in [0, 0.05) is 6.92 Å². The zero-order valence-electron chi connectivity index (χ0n) is 25.4. The van der Waals surface area contributed by atoms with Crippen LogP contribution in [-0.2, 0) is 23.7 Å². The molecule has 14 nitrogen and oxygen atoms in total. The second-order valence-electron chi connectivity index (χ2n) is 11.7. The summed E-state index contributed by atoms with van der Waals surface area (Å²) in [6, 6.07) is -0.820. The standard InChI is InChI=1S/C29H55NO13/c1-3-4-5-6-7-8-9-10-11-12-13-19(34)18(30-17(2)33)16-40-28-26(39)24(37)27(21(15-32)42-28)43-29-25(38)23(36)22(35)20(14-31)41-29/h18-29,31-32,34-39H,3-16H2,1-2H3,(H,30,33). The Kier molecular flexibility index (Phi) is 17.9. The fourth-order valence-electron chi connectivity index (χ4n) is 5.44. The van der Waals surface area contributed by atoms with E-state index in [1.54, 1.807) is 0 Å². The number of rotatable bonds is 20. The van der Waals surface area contributed by atoms with Crippen molar-refractivity contribution in [3.05, 3.63) is 0 Å². The highest BCUT2D eigenvalue weighted by Gasteiger charge is 2.50. The molecule has 1 amide bonds. The van der Waals surface area contributed by atoms with Crippen LogP contribution in [0.15, 0.2) is 0 Å². The number of hydrogen-bond acceptors (Lipinski definition) is 13. The van der Waals surface area contributed by atoms with Gasteiger partial charge in [-0.2, -0.15) is 0 Å². The molecule has 2 rings (SSSR count). The smallest absolute Gasteiger partial charge is 0.217 e. The number of amides is 1. The number of ether oxygens (including phenoxy) is 4. The first-order valence-corrected chi connectivity index (χ1v) is 15.7. The number of carbonyl (C=O) groups excluding carboxylic acids is 1. The summed E-state index contributed by atoms with van der Waals surface area (Å²) < 4.78 is 22.1. The van der Waals surface area contributed by atoms with Gasteiger partial charge >= 0.3 is 0 Å². The van der Waals surface area contributed by atoms with Crippen LogP contribution in [0.3, 0.4) is 0 Å². The molecule has 2 saturated heterocycles. The normalized spacial score (nSPS) is 34.6. The Labute approximate surface area is 253 Å². The van der Waals surface area contributed by atoms with Gasteiger partial charge in [-0.05, 0) is 6.42 Å². The van der Waals surface area contributed by atoms with E-state index in [0.717, 1.165) is 25.7 Å². The lowest BCUT2D eigenvalue weighted by molar-refractivity contribution is -0.359. The van der Waals surface area contributed by atoms with E-state index in [0.29, 0.717) is 6.42 Å². The van der Waals surface area contributed by atoms with Crippen molar-refractivity contribution in [1.29, 1.82) is 0 Å². The fraction of sp³-hybridized carbons (Fsp3) is 0.966. The molecule has 2 aliphatic heterocycles. The van der Waals surface area contributed by atoms with Gasteiger partial charge in [-0.1, -0.05) is 71.1 Å². The molecule has 0 aromatic rings. The molecule has 0 bridgehead atoms. The zero-order chi connectivity index (χ0) is 31.9. The highest BCUT2D eigenvalue weighted by atomic mass is 16.7. The average Bonchev–Trinajstić information content (AvgIpc) is 2.98. The predicted molar refractivity (Wildman–Crippen MR) is 152 cm³/mol. The molecule has 43 heavy (non-hydrogen) atoms.